The van der Waals surface area contributed by atoms with Gasteiger partial charge in [-0.3, -0.25) is 9.78 Å². The van der Waals surface area contributed by atoms with Crippen LogP contribution in [0, 0.1) is 6.92 Å². The summed E-state index contributed by atoms with van der Waals surface area (Å²) in [5.41, 5.74) is 2.65. The minimum absolute atomic E-state index is 0.0192. The molecule has 4 rings (SSSR count). The molecule has 2 aromatic rings. The van der Waals surface area contributed by atoms with Gasteiger partial charge in [-0.15, -0.1) is 11.3 Å². The highest BCUT2D eigenvalue weighted by Gasteiger charge is 2.31. The Labute approximate surface area is 219 Å². The summed E-state index contributed by atoms with van der Waals surface area (Å²) in [5, 5.41) is 2.89. The standard InChI is InChI=1S/C28H40N4O3S/c1-18(2)31-12-9-20(10-13-31)21-7-8-23(29-16-21)24-15-19(3)25(36-24)26(33)32-14-11-22(17-32)30-27(34)35-28(4,5)6/h7-8,15-16,18,20,22H,9-14,17H2,1-6H3,(H,30,34)/t22-/m0/s1. The van der Waals surface area contributed by atoms with Crippen molar-refractivity contribution in [2.45, 2.75) is 84.4 Å². The van der Waals surface area contributed by atoms with E-state index in [2.05, 4.69) is 42.3 Å². The average Bonchev–Trinajstić information content (AvgIpc) is 3.44. The second-order valence-electron chi connectivity index (χ2n) is 11.4. The Kier molecular flexibility index (Phi) is 8.05. The third kappa shape index (κ3) is 6.45. The van der Waals surface area contributed by atoms with Crippen molar-refractivity contribution in [1.82, 2.24) is 20.1 Å². The Morgan fingerprint density at radius 3 is 2.47 bits per heavy atom. The fraction of sp³-hybridized carbons (Fsp3) is 0.607. The molecule has 2 saturated heterocycles. The van der Waals surface area contributed by atoms with Crippen LogP contribution >= 0.6 is 11.3 Å². The average molecular weight is 513 g/mol. The van der Waals surface area contributed by atoms with Gasteiger partial charge >= 0.3 is 6.09 Å². The molecule has 196 valence electrons. The number of carbonyl (C=O) groups excluding carboxylic acids is 2. The van der Waals surface area contributed by atoms with E-state index in [1.165, 1.54) is 29.7 Å². The fourth-order valence-corrected chi connectivity index (χ4v) is 6.16. The van der Waals surface area contributed by atoms with Gasteiger partial charge < -0.3 is 19.9 Å². The van der Waals surface area contributed by atoms with Crippen molar-refractivity contribution < 1.29 is 14.3 Å². The van der Waals surface area contributed by atoms with Gasteiger partial charge in [0, 0.05) is 25.3 Å². The van der Waals surface area contributed by atoms with Crippen LogP contribution in [0.1, 0.15) is 80.6 Å². The molecule has 0 unspecified atom stereocenters. The van der Waals surface area contributed by atoms with Crippen LogP contribution in [-0.4, -0.2) is 70.6 Å². The summed E-state index contributed by atoms with van der Waals surface area (Å²) in [6.07, 6.45) is 4.66. The number of aryl methyl sites for hydroxylation is 1. The minimum Gasteiger partial charge on any atom is -0.444 e. The number of rotatable bonds is 5. The molecular formula is C28H40N4O3S. The summed E-state index contributed by atoms with van der Waals surface area (Å²) < 4.78 is 5.35. The predicted octanol–water partition coefficient (Wildman–Crippen LogP) is 5.45. The Balaban J connectivity index is 1.36. The smallest absolute Gasteiger partial charge is 0.407 e. The second kappa shape index (κ2) is 10.9. The van der Waals surface area contributed by atoms with Crippen molar-refractivity contribution >= 4 is 23.3 Å². The van der Waals surface area contributed by atoms with Crippen molar-refractivity contribution in [3.63, 3.8) is 0 Å². The van der Waals surface area contributed by atoms with Crippen molar-refractivity contribution in [2.24, 2.45) is 0 Å². The van der Waals surface area contributed by atoms with Crippen LogP contribution in [0.15, 0.2) is 24.4 Å². The number of amides is 2. The molecule has 2 aliphatic rings. The van der Waals surface area contributed by atoms with Gasteiger partial charge in [0.2, 0.25) is 0 Å². The number of hydrogen-bond acceptors (Lipinski definition) is 6. The number of thiophene rings is 1. The molecule has 0 saturated carbocycles. The second-order valence-corrected chi connectivity index (χ2v) is 12.4. The Morgan fingerprint density at radius 2 is 1.86 bits per heavy atom. The van der Waals surface area contributed by atoms with Crippen molar-refractivity contribution in [2.75, 3.05) is 26.2 Å². The number of pyridine rings is 1. The lowest BCUT2D eigenvalue weighted by molar-refractivity contribution is 0.0502. The fourth-order valence-electron chi connectivity index (χ4n) is 5.04. The number of nitrogens with one attached hydrogen (secondary N) is 1. The first-order chi connectivity index (χ1) is 17.0. The van der Waals surface area contributed by atoms with Crippen LogP contribution in [0.3, 0.4) is 0 Å². The molecule has 1 atom stereocenters. The largest absolute Gasteiger partial charge is 0.444 e. The van der Waals surface area contributed by atoms with E-state index in [1.54, 1.807) is 0 Å². The van der Waals surface area contributed by atoms with Gasteiger partial charge in [-0.2, -0.15) is 0 Å². The SMILES string of the molecule is Cc1cc(-c2ccc(C3CCN(C(C)C)CC3)cn2)sc1C(=O)N1CC[C@H](NC(=O)OC(C)(C)C)C1. The van der Waals surface area contributed by atoms with Crippen molar-refractivity contribution in [3.05, 3.63) is 40.4 Å². The molecule has 4 heterocycles. The number of carbonyl (C=O) groups is 2. The lowest BCUT2D eigenvalue weighted by Gasteiger charge is -2.34. The first kappa shape index (κ1) is 26.6. The molecule has 2 fully saturated rings. The van der Waals surface area contributed by atoms with Crippen LogP contribution in [-0.2, 0) is 4.74 Å². The Bertz CT molecular complexity index is 1070. The number of alkyl carbamates (subject to hydrolysis) is 1. The lowest BCUT2D eigenvalue weighted by atomic mass is 9.90. The van der Waals surface area contributed by atoms with Crippen LogP contribution in [0.2, 0.25) is 0 Å². The zero-order valence-corrected chi connectivity index (χ0v) is 23.3. The van der Waals surface area contributed by atoms with Crippen LogP contribution in [0.4, 0.5) is 4.79 Å². The quantitative estimate of drug-likeness (QED) is 0.577. The molecule has 0 aliphatic carbocycles. The molecule has 0 radical (unpaired) electrons. The van der Waals surface area contributed by atoms with E-state index in [9.17, 15) is 9.59 Å². The number of ether oxygens (including phenoxy) is 1. The third-order valence-corrected chi connectivity index (χ3v) is 8.33. The predicted molar refractivity (Wildman–Crippen MR) is 145 cm³/mol. The first-order valence-corrected chi connectivity index (χ1v) is 13.9. The number of hydrogen-bond donors (Lipinski definition) is 1. The number of nitrogens with zero attached hydrogens (tertiary/aromatic N) is 3. The Hall–Kier alpha value is -2.45. The van der Waals surface area contributed by atoms with E-state index >= 15 is 0 Å². The molecule has 8 heteroatoms. The molecule has 2 aliphatic heterocycles. The molecule has 0 aromatic carbocycles. The van der Waals surface area contributed by atoms with E-state index in [1.807, 2.05) is 38.8 Å². The molecular weight excluding hydrogens is 472 g/mol. The maximum Gasteiger partial charge on any atom is 0.407 e. The lowest BCUT2D eigenvalue weighted by Crippen LogP contribution is -2.41. The summed E-state index contributed by atoms with van der Waals surface area (Å²) in [7, 11) is 0. The van der Waals surface area contributed by atoms with Gasteiger partial charge in [-0.05, 0) is 103 Å². The van der Waals surface area contributed by atoms with E-state index in [0.717, 1.165) is 40.5 Å². The molecule has 2 aromatic heterocycles. The minimum atomic E-state index is -0.541. The van der Waals surface area contributed by atoms with Gasteiger partial charge in [-0.1, -0.05) is 6.07 Å². The summed E-state index contributed by atoms with van der Waals surface area (Å²) in [5.74, 6) is 0.590. The van der Waals surface area contributed by atoms with Crippen molar-refractivity contribution in [3.8, 4) is 10.6 Å². The van der Waals surface area contributed by atoms with Crippen LogP contribution in [0.5, 0.6) is 0 Å². The molecule has 2 amide bonds. The van der Waals surface area contributed by atoms with Gasteiger partial charge in [-0.25, -0.2) is 4.79 Å². The normalized spacial score (nSPS) is 19.6. The summed E-state index contributed by atoms with van der Waals surface area (Å²) in [6, 6.07) is 6.89. The zero-order valence-electron chi connectivity index (χ0n) is 22.5. The van der Waals surface area contributed by atoms with Crippen LogP contribution < -0.4 is 5.32 Å². The van der Waals surface area contributed by atoms with Gasteiger partial charge in [0.15, 0.2) is 0 Å². The molecule has 0 spiro atoms. The molecule has 0 bridgehead atoms. The maximum absolute atomic E-state index is 13.3. The molecule has 36 heavy (non-hydrogen) atoms. The molecule has 1 N–H and O–H groups in total. The van der Waals surface area contributed by atoms with E-state index in [-0.39, 0.29) is 11.9 Å². The summed E-state index contributed by atoms with van der Waals surface area (Å²) >= 11 is 1.50. The van der Waals surface area contributed by atoms with E-state index in [4.69, 9.17) is 9.72 Å². The highest BCUT2D eigenvalue weighted by atomic mass is 32.1. The maximum atomic E-state index is 13.3. The highest BCUT2D eigenvalue weighted by molar-refractivity contribution is 7.17. The third-order valence-electron chi connectivity index (χ3n) is 7.08. The van der Waals surface area contributed by atoms with E-state index < -0.39 is 11.7 Å². The first-order valence-electron chi connectivity index (χ1n) is 13.1. The van der Waals surface area contributed by atoms with Gasteiger partial charge in [0.05, 0.1) is 21.5 Å². The zero-order chi connectivity index (χ0) is 26.0. The number of likely N-dealkylation sites (tertiary alicyclic amines) is 2. The van der Waals surface area contributed by atoms with Crippen molar-refractivity contribution in [1.29, 1.82) is 0 Å². The number of piperidine rings is 1. The van der Waals surface area contributed by atoms with E-state index in [0.29, 0.717) is 25.0 Å². The topological polar surface area (TPSA) is 74.8 Å². The monoisotopic (exact) mass is 512 g/mol. The highest BCUT2D eigenvalue weighted by Crippen LogP contribution is 2.34. The summed E-state index contributed by atoms with van der Waals surface area (Å²) in [4.78, 5) is 36.3. The molecule has 7 nitrogen and oxygen atoms in total. The number of aromatic nitrogens is 1. The van der Waals surface area contributed by atoms with Crippen LogP contribution in [0.25, 0.3) is 10.6 Å². The van der Waals surface area contributed by atoms with Gasteiger partial charge in [0.25, 0.3) is 5.91 Å². The Morgan fingerprint density at radius 1 is 1.14 bits per heavy atom. The van der Waals surface area contributed by atoms with Gasteiger partial charge in [0.1, 0.15) is 5.60 Å². The summed E-state index contributed by atoms with van der Waals surface area (Å²) in [6.45, 7) is 15.4.